The third kappa shape index (κ3) is 1.65. The van der Waals surface area contributed by atoms with Gasteiger partial charge in [-0.2, -0.15) is 0 Å². The maximum absolute atomic E-state index is 5.81. The zero-order valence-corrected chi connectivity index (χ0v) is 7.59. The van der Waals surface area contributed by atoms with Crippen LogP contribution in [0.1, 0.15) is 17.3 Å². The monoisotopic (exact) mass is 178 g/mol. The van der Waals surface area contributed by atoms with Crippen molar-refractivity contribution in [3.63, 3.8) is 0 Å². The van der Waals surface area contributed by atoms with Gasteiger partial charge in [-0.25, -0.2) is 10.9 Å². The summed E-state index contributed by atoms with van der Waals surface area (Å²) in [5.74, 6) is 0. The van der Waals surface area contributed by atoms with Crippen molar-refractivity contribution in [2.45, 2.75) is 13.1 Å². The minimum Gasteiger partial charge on any atom is -0.399 e. The molecule has 1 aliphatic heterocycles. The lowest BCUT2D eigenvalue weighted by molar-refractivity contribution is 0.555. The SMILES string of the molecule is Cc1ccc(C2NCNN2)cc1N. The van der Waals surface area contributed by atoms with Crippen LogP contribution in [0.4, 0.5) is 5.69 Å². The molecule has 1 heterocycles. The van der Waals surface area contributed by atoms with E-state index in [1.54, 1.807) is 0 Å². The first-order chi connectivity index (χ1) is 6.27. The molecule has 70 valence electrons. The van der Waals surface area contributed by atoms with Crippen LogP contribution < -0.4 is 21.9 Å². The van der Waals surface area contributed by atoms with Crippen molar-refractivity contribution in [3.8, 4) is 0 Å². The fraction of sp³-hybridized carbons (Fsp3) is 0.333. The highest BCUT2D eigenvalue weighted by Crippen LogP contribution is 2.17. The van der Waals surface area contributed by atoms with E-state index >= 15 is 0 Å². The van der Waals surface area contributed by atoms with Gasteiger partial charge in [0.2, 0.25) is 0 Å². The van der Waals surface area contributed by atoms with E-state index in [1.807, 2.05) is 19.1 Å². The van der Waals surface area contributed by atoms with E-state index in [2.05, 4.69) is 22.2 Å². The highest BCUT2D eigenvalue weighted by Gasteiger charge is 2.14. The second-order valence-electron chi connectivity index (χ2n) is 3.25. The van der Waals surface area contributed by atoms with Crippen LogP contribution in [0.5, 0.6) is 0 Å². The normalized spacial score (nSPS) is 22.1. The van der Waals surface area contributed by atoms with Gasteiger partial charge < -0.3 is 5.73 Å². The van der Waals surface area contributed by atoms with Crippen molar-refractivity contribution in [3.05, 3.63) is 29.3 Å². The first-order valence-electron chi connectivity index (χ1n) is 4.35. The smallest absolute Gasteiger partial charge is 0.0974 e. The molecule has 1 aliphatic rings. The van der Waals surface area contributed by atoms with Gasteiger partial charge in [0.25, 0.3) is 0 Å². The second-order valence-corrected chi connectivity index (χ2v) is 3.25. The molecule has 1 atom stereocenters. The Bertz CT molecular complexity index is 304. The third-order valence-electron chi connectivity index (χ3n) is 2.28. The maximum atomic E-state index is 5.81. The van der Waals surface area contributed by atoms with Crippen molar-refractivity contribution in [2.75, 3.05) is 12.4 Å². The van der Waals surface area contributed by atoms with Gasteiger partial charge in [0.1, 0.15) is 0 Å². The predicted molar refractivity (Wildman–Crippen MR) is 52.6 cm³/mol. The summed E-state index contributed by atoms with van der Waals surface area (Å²) in [5, 5.41) is 3.24. The summed E-state index contributed by atoms with van der Waals surface area (Å²) in [6.45, 7) is 2.78. The Hall–Kier alpha value is -1.10. The Kier molecular flexibility index (Phi) is 2.18. The summed E-state index contributed by atoms with van der Waals surface area (Å²) in [5.41, 5.74) is 15.0. The molecule has 5 N–H and O–H groups in total. The van der Waals surface area contributed by atoms with Crippen molar-refractivity contribution >= 4 is 5.69 Å². The molecular formula is C9H14N4. The summed E-state index contributed by atoms with van der Waals surface area (Å²) in [7, 11) is 0. The Morgan fingerprint density at radius 3 is 2.92 bits per heavy atom. The van der Waals surface area contributed by atoms with Gasteiger partial charge >= 0.3 is 0 Å². The fourth-order valence-electron chi connectivity index (χ4n) is 1.40. The molecule has 13 heavy (non-hydrogen) atoms. The molecule has 0 saturated carbocycles. The summed E-state index contributed by atoms with van der Waals surface area (Å²) in [4.78, 5) is 0. The van der Waals surface area contributed by atoms with E-state index in [0.29, 0.717) is 0 Å². The van der Waals surface area contributed by atoms with Gasteiger partial charge in [0, 0.05) is 5.69 Å². The molecule has 1 unspecified atom stereocenters. The number of nitrogen functional groups attached to an aromatic ring is 1. The largest absolute Gasteiger partial charge is 0.399 e. The number of hydrogen-bond donors (Lipinski definition) is 4. The zero-order chi connectivity index (χ0) is 9.26. The zero-order valence-electron chi connectivity index (χ0n) is 7.59. The van der Waals surface area contributed by atoms with Crippen LogP contribution in [0.2, 0.25) is 0 Å². The number of nitrogens with two attached hydrogens (primary N) is 1. The summed E-state index contributed by atoms with van der Waals surface area (Å²) >= 11 is 0. The van der Waals surface area contributed by atoms with Crippen molar-refractivity contribution in [1.29, 1.82) is 0 Å². The summed E-state index contributed by atoms with van der Waals surface area (Å²) < 4.78 is 0. The van der Waals surface area contributed by atoms with Crippen LogP contribution in [-0.4, -0.2) is 6.67 Å². The number of aryl methyl sites for hydroxylation is 1. The first-order valence-corrected chi connectivity index (χ1v) is 4.35. The lowest BCUT2D eigenvalue weighted by Crippen LogP contribution is -2.25. The predicted octanol–water partition coefficient (Wildman–Crippen LogP) is 0.231. The first kappa shape index (κ1) is 8.50. The minimum absolute atomic E-state index is 0.169. The highest BCUT2D eigenvalue weighted by atomic mass is 15.5. The standard InChI is InChI=1S/C9H14N4/c1-6-2-3-7(4-8(6)10)9-11-5-12-13-9/h2-4,9,11-13H,5,10H2,1H3. The van der Waals surface area contributed by atoms with E-state index in [1.165, 1.54) is 0 Å². The van der Waals surface area contributed by atoms with Crippen LogP contribution in [0.15, 0.2) is 18.2 Å². The fourth-order valence-corrected chi connectivity index (χ4v) is 1.40. The van der Waals surface area contributed by atoms with Gasteiger partial charge in [-0.05, 0) is 24.1 Å². The number of hydrogen-bond acceptors (Lipinski definition) is 4. The van der Waals surface area contributed by atoms with Gasteiger partial charge in [-0.1, -0.05) is 12.1 Å². The van der Waals surface area contributed by atoms with Crippen LogP contribution >= 0.6 is 0 Å². The molecule has 0 aromatic heterocycles. The molecule has 4 nitrogen and oxygen atoms in total. The van der Waals surface area contributed by atoms with Gasteiger partial charge in [-0.3, -0.25) is 5.32 Å². The molecule has 1 fully saturated rings. The minimum atomic E-state index is 0.169. The molecule has 0 aliphatic carbocycles. The molecule has 2 rings (SSSR count). The molecule has 4 heteroatoms. The van der Waals surface area contributed by atoms with E-state index < -0.39 is 0 Å². The van der Waals surface area contributed by atoms with E-state index in [-0.39, 0.29) is 6.17 Å². The van der Waals surface area contributed by atoms with E-state index in [4.69, 9.17) is 5.73 Å². The molecule has 0 radical (unpaired) electrons. The number of benzene rings is 1. The van der Waals surface area contributed by atoms with Crippen molar-refractivity contribution in [1.82, 2.24) is 16.2 Å². The Balaban J connectivity index is 2.25. The quantitative estimate of drug-likeness (QED) is 0.465. The average molecular weight is 178 g/mol. The summed E-state index contributed by atoms with van der Waals surface area (Å²) in [6.07, 6.45) is 0.169. The number of rotatable bonds is 1. The Labute approximate surface area is 77.5 Å². The molecule has 0 amide bonds. The van der Waals surface area contributed by atoms with E-state index in [0.717, 1.165) is 23.5 Å². The van der Waals surface area contributed by atoms with Crippen LogP contribution in [0.25, 0.3) is 0 Å². The van der Waals surface area contributed by atoms with Gasteiger partial charge in [0.15, 0.2) is 0 Å². The number of hydrazine groups is 1. The van der Waals surface area contributed by atoms with Gasteiger partial charge in [0.05, 0.1) is 12.8 Å². The molecular weight excluding hydrogens is 164 g/mol. The molecule has 0 bridgehead atoms. The molecule has 1 aromatic rings. The lowest BCUT2D eigenvalue weighted by Gasteiger charge is -2.11. The topological polar surface area (TPSA) is 62.1 Å². The highest BCUT2D eigenvalue weighted by molar-refractivity contribution is 5.48. The Morgan fingerprint density at radius 1 is 1.46 bits per heavy atom. The van der Waals surface area contributed by atoms with Crippen LogP contribution in [0, 0.1) is 6.92 Å². The lowest BCUT2D eigenvalue weighted by atomic mass is 10.1. The Morgan fingerprint density at radius 2 is 2.31 bits per heavy atom. The average Bonchev–Trinajstić information content (AvgIpc) is 2.62. The van der Waals surface area contributed by atoms with Crippen LogP contribution in [-0.2, 0) is 0 Å². The van der Waals surface area contributed by atoms with Crippen molar-refractivity contribution < 1.29 is 0 Å². The second kappa shape index (κ2) is 3.33. The molecule has 1 aromatic carbocycles. The van der Waals surface area contributed by atoms with E-state index in [9.17, 15) is 0 Å². The summed E-state index contributed by atoms with van der Waals surface area (Å²) in [6, 6.07) is 6.10. The molecule has 0 spiro atoms. The number of nitrogens with one attached hydrogen (secondary N) is 3. The van der Waals surface area contributed by atoms with Crippen molar-refractivity contribution in [2.24, 2.45) is 0 Å². The molecule has 1 saturated heterocycles. The third-order valence-corrected chi connectivity index (χ3v) is 2.28. The maximum Gasteiger partial charge on any atom is 0.0974 e. The van der Waals surface area contributed by atoms with Gasteiger partial charge in [-0.15, -0.1) is 0 Å². The van der Waals surface area contributed by atoms with Crippen LogP contribution in [0.3, 0.4) is 0 Å². The number of anilines is 1.